The third-order valence-electron chi connectivity index (χ3n) is 3.91. The molecule has 1 aliphatic heterocycles. The quantitative estimate of drug-likeness (QED) is 0.845. The molecule has 8 nitrogen and oxygen atoms in total. The van der Waals surface area contributed by atoms with Crippen LogP contribution in [0.4, 0.5) is 11.4 Å². The number of aromatic nitrogens is 1. The second-order valence-corrected chi connectivity index (χ2v) is 8.07. The number of nitrogens with one attached hydrogen (secondary N) is 1. The maximum atomic E-state index is 12.6. The van der Waals surface area contributed by atoms with E-state index in [1.54, 1.807) is 53.7 Å². The number of rotatable bonds is 5. The molecule has 0 saturated carbocycles. The van der Waals surface area contributed by atoms with Crippen molar-refractivity contribution in [2.75, 3.05) is 30.9 Å². The molecule has 0 radical (unpaired) electrons. The average molecular weight is 385 g/mol. The van der Waals surface area contributed by atoms with Gasteiger partial charge in [-0.3, -0.25) is 14.8 Å². The summed E-state index contributed by atoms with van der Waals surface area (Å²) in [5, 5.41) is 2.73. The van der Waals surface area contributed by atoms with Crippen molar-refractivity contribution in [3.63, 3.8) is 0 Å². The molecule has 0 aliphatic carbocycles. The lowest BCUT2D eigenvalue weighted by molar-refractivity contribution is -0.110. The highest BCUT2D eigenvalue weighted by Gasteiger charge is 2.25. The van der Waals surface area contributed by atoms with Crippen LogP contribution in [0.2, 0.25) is 0 Å². The summed E-state index contributed by atoms with van der Waals surface area (Å²) < 4.78 is 26.4. The van der Waals surface area contributed by atoms with Crippen LogP contribution < -0.4 is 10.2 Å². The van der Waals surface area contributed by atoms with Gasteiger partial charge in [0.15, 0.2) is 0 Å². The molecule has 0 fully saturated rings. The summed E-state index contributed by atoms with van der Waals surface area (Å²) in [7, 11) is -0.677. The lowest BCUT2D eigenvalue weighted by Crippen LogP contribution is -2.36. The van der Waals surface area contributed by atoms with Crippen LogP contribution >= 0.6 is 0 Å². The number of anilines is 2. The predicted octanol–water partition coefficient (Wildman–Crippen LogP) is 1.70. The van der Waals surface area contributed by atoms with Gasteiger partial charge in [0, 0.05) is 32.7 Å². The zero-order valence-electron chi connectivity index (χ0n) is 14.9. The largest absolute Gasteiger partial charge is 0.339 e. The standard InChI is InChI=1S/C18H19N5O3S/c1-22(2)27(25,26)17-8-4-3-7-16(17)23-11-10-20-15(13-23)18(24)21-14-6-5-9-19-12-14/h3-12H,13H2,1-2H3,(H,21,24). The molecule has 0 atom stereocenters. The Morgan fingerprint density at radius 1 is 1.19 bits per heavy atom. The van der Waals surface area contributed by atoms with Crippen molar-refractivity contribution < 1.29 is 13.2 Å². The maximum Gasteiger partial charge on any atom is 0.271 e. The summed E-state index contributed by atoms with van der Waals surface area (Å²) in [5.74, 6) is -0.370. The monoisotopic (exact) mass is 385 g/mol. The van der Waals surface area contributed by atoms with E-state index in [1.165, 1.54) is 26.5 Å². The zero-order chi connectivity index (χ0) is 19.4. The van der Waals surface area contributed by atoms with E-state index in [2.05, 4.69) is 15.3 Å². The first-order valence-corrected chi connectivity index (χ1v) is 9.56. The Hall–Kier alpha value is -3.04. The fourth-order valence-corrected chi connectivity index (χ4v) is 3.60. The molecule has 0 unspecified atom stereocenters. The lowest BCUT2D eigenvalue weighted by atomic mass is 10.2. The summed E-state index contributed by atoms with van der Waals surface area (Å²) in [4.78, 5) is 22.4. The number of aliphatic imine (C=N–C) groups is 1. The number of pyridine rings is 1. The van der Waals surface area contributed by atoms with Gasteiger partial charge in [0.1, 0.15) is 10.6 Å². The fourth-order valence-electron chi connectivity index (χ4n) is 2.50. The van der Waals surface area contributed by atoms with Gasteiger partial charge in [-0.1, -0.05) is 12.1 Å². The number of nitrogens with zero attached hydrogens (tertiary/aromatic N) is 4. The van der Waals surface area contributed by atoms with Gasteiger partial charge in [0.05, 0.1) is 24.1 Å². The highest BCUT2D eigenvalue weighted by Crippen LogP contribution is 2.28. The number of amides is 1. The summed E-state index contributed by atoms with van der Waals surface area (Å²) in [5.41, 5.74) is 1.30. The van der Waals surface area contributed by atoms with Crippen molar-refractivity contribution in [3.8, 4) is 0 Å². The molecule has 1 aliphatic rings. The van der Waals surface area contributed by atoms with Crippen molar-refractivity contribution in [1.82, 2.24) is 9.29 Å². The summed E-state index contributed by atoms with van der Waals surface area (Å²) in [6.45, 7) is 0.141. The third kappa shape index (κ3) is 4.04. The number of sulfonamides is 1. The number of hydrogen-bond donors (Lipinski definition) is 1. The van der Waals surface area contributed by atoms with Gasteiger partial charge in [-0.05, 0) is 24.3 Å². The molecule has 3 rings (SSSR count). The molecule has 1 N–H and O–H groups in total. The summed E-state index contributed by atoms with van der Waals surface area (Å²) >= 11 is 0. The Kier molecular flexibility index (Phi) is 5.33. The Balaban J connectivity index is 1.84. The topological polar surface area (TPSA) is 95.0 Å². The van der Waals surface area contributed by atoms with Crippen molar-refractivity contribution in [3.05, 3.63) is 61.2 Å². The van der Waals surface area contributed by atoms with E-state index in [1.807, 2.05) is 0 Å². The highest BCUT2D eigenvalue weighted by molar-refractivity contribution is 7.89. The molecule has 2 aromatic rings. The van der Waals surface area contributed by atoms with Gasteiger partial charge in [-0.15, -0.1) is 0 Å². The van der Waals surface area contributed by atoms with Crippen molar-refractivity contribution >= 4 is 33.0 Å². The van der Waals surface area contributed by atoms with Gasteiger partial charge in [-0.2, -0.15) is 0 Å². The van der Waals surface area contributed by atoms with Crippen LogP contribution in [0.15, 0.2) is 71.1 Å². The Morgan fingerprint density at radius 2 is 1.96 bits per heavy atom. The number of benzene rings is 1. The fraction of sp³-hybridized carbons (Fsp3) is 0.167. The van der Waals surface area contributed by atoms with Crippen LogP contribution in [0.1, 0.15) is 0 Å². The maximum absolute atomic E-state index is 12.6. The van der Waals surface area contributed by atoms with E-state index in [0.29, 0.717) is 11.4 Å². The van der Waals surface area contributed by atoms with Crippen molar-refractivity contribution in [2.24, 2.45) is 4.99 Å². The van der Waals surface area contributed by atoms with Crippen LogP contribution in [0.5, 0.6) is 0 Å². The molecular weight excluding hydrogens is 366 g/mol. The Labute approximate surface area is 157 Å². The Morgan fingerprint density at radius 3 is 2.67 bits per heavy atom. The molecule has 1 amide bonds. The second kappa shape index (κ2) is 7.68. The van der Waals surface area contributed by atoms with Crippen molar-refractivity contribution in [2.45, 2.75) is 4.90 Å². The van der Waals surface area contributed by atoms with E-state index < -0.39 is 10.0 Å². The smallest absolute Gasteiger partial charge is 0.271 e. The summed E-state index contributed by atoms with van der Waals surface area (Å²) in [6, 6.07) is 10.1. The number of hydrogen-bond acceptors (Lipinski definition) is 6. The van der Waals surface area contributed by atoms with Crippen LogP contribution in [0.3, 0.4) is 0 Å². The average Bonchev–Trinajstić information content (AvgIpc) is 2.68. The first-order valence-electron chi connectivity index (χ1n) is 8.12. The lowest BCUT2D eigenvalue weighted by Gasteiger charge is -2.26. The van der Waals surface area contributed by atoms with E-state index in [0.717, 1.165) is 4.31 Å². The summed E-state index contributed by atoms with van der Waals surface area (Å²) in [6.07, 6.45) is 6.26. The molecular formula is C18H19N5O3S. The van der Waals surface area contributed by atoms with Crippen LogP contribution in [0, 0.1) is 0 Å². The predicted molar refractivity (Wildman–Crippen MR) is 104 cm³/mol. The Bertz CT molecular complexity index is 1000. The number of carbonyl (C=O) groups excluding carboxylic acids is 1. The molecule has 0 bridgehead atoms. The van der Waals surface area contributed by atoms with E-state index in [4.69, 9.17) is 0 Å². The zero-order valence-corrected chi connectivity index (χ0v) is 15.7. The molecule has 1 aromatic heterocycles. The third-order valence-corrected chi connectivity index (χ3v) is 5.77. The SMILES string of the molecule is CN(C)S(=O)(=O)c1ccccc1N1C=CN=C(C(=O)Nc2cccnc2)C1. The van der Waals surface area contributed by atoms with E-state index >= 15 is 0 Å². The van der Waals surface area contributed by atoms with Gasteiger partial charge in [0.2, 0.25) is 10.0 Å². The van der Waals surface area contributed by atoms with Gasteiger partial charge < -0.3 is 10.2 Å². The molecule has 2 heterocycles. The van der Waals surface area contributed by atoms with Gasteiger partial charge in [-0.25, -0.2) is 12.7 Å². The minimum atomic E-state index is -3.63. The van der Waals surface area contributed by atoms with Gasteiger partial charge >= 0.3 is 0 Å². The molecule has 140 valence electrons. The number of carbonyl (C=O) groups is 1. The molecule has 1 aromatic carbocycles. The van der Waals surface area contributed by atoms with Crippen molar-refractivity contribution in [1.29, 1.82) is 0 Å². The van der Waals surface area contributed by atoms with E-state index in [-0.39, 0.29) is 23.1 Å². The van der Waals surface area contributed by atoms with E-state index in [9.17, 15) is 13.2 Å². The molecule has 0 spiro atoms. The first-order chi connectivity index (χ1) is 12.9. The van der Waals surface area contributed by atoms with Gasteiger partial charge in [0.25, 0.3) is 5.91 Å². The van der Waals surface area contributed by atoms with Crippen LogP contribution in [0.25, 0.3) is 0 Å². The molecule has 9 heteroatoms. The normalized spacial score (nSPS) is 14.2. The molecule has 0 saturated heterocycles. The first kappa shape index (κ1) is 18.7. The minimum absolute atomic E-state index is 0.141. The van der Waals surface area contributed by atoms with Crippen LogP contribution in [-0.4, -0.2) is 50.0 Å². The minimum Gasteiger partial charge on any atom is -0.339 e. The number of para-hydroxylation sites is 1. The molecule has 27 heavy (non-hydrogen) atoms. The van der Waals surface area contributed by atoms with Crippen LogP contribution in [-0.2, 0) is 14.8 Å². The second-order valence-electron chi connectivity index (χ2n) is 5.95. The highest BCUT2D eigenvalue weighted by atomic mass is 32.2.